The van der Waals surface area contributed by atoms with Crippen LogP contribution in [0.15, 0.2) is 30.5 Å². The average molecular weight is 202 g/mol. The van der Waals surface area contributed by atoms with Gasteiger partial charge in [-0.1, -0.05) is 12.1 Å². The first kappa shape index (κ1) is 9.77. The van der Waals surface area contributed by atoms with Crippen molar-refractivity contribution in [1.82, 2.24) is 4.98 Å². The number of benzene rings is 1. The van der Waals surface area contributed by atoms with E-state index in [0.29, 0.717) is 12.5 Å². The molecular formula is C12H14N2O. The van der Waals surface area contributed by atoms with Crippen molar-refractivity contribution in [3.8, 4) is 5.88 Å². The van der Waals surface area contributed by atoms with E-state index in [1.165, 1.54) is 0 Å². The molecule has 0 spiro atoms. The van der Waals surface area contributed by atoms with Gasteiger partial charge in [0.25, 0.3) is 0 Å². The Kier molecular flexibility index (Phi) is 2.72. The van der Waals surface area contributed by atoms with E-state index in [1.54, 1.807) is 6.20 Å². The number of hydrogen-bond acceptors (Lipinski definition) is 3. The van der Waals surface area contributed by atoms with Crippen LogP contribution in [-0.4, -0.2) is 18.6 Å². The molecule has 0 aliphatic heterocycles. The fourth-order valence-corrected chi connectivity index (χ4v) is 1.65. The number of ether oxygens (including phenoxy) is 1. The number of fused-ring (bicyclic) bond motifs is 1. The highest BCUT2D eigenvalue weighted by atomic mass is 16.5. The van der Waals surface area contributed by atoms with Crippen LogP contribution >= 0.6 is 0 Å². The molecular weight excluding hydrogens is 188 g/mol. The van der Waals surface area contributed by atoms with E-state index < -0.39 is 0 Å². The van der Waals surface area contributed by atoms with E-state index in [1.807, 2.05) is 32.2 Å². The predicted octanol–water partition coefficient (Wildman–Crippen LogP) is 2.68. The molecule has 0 amide bonds. The van der Waals surface area contributed by atoms with Crippen molar-refractivity contribution in [3.63, 3.8) is 0 Å². The van der Waals surface area contributed by atoms with Gasteiger partial charge in [0.1, 0.15) is 0 Å². The van der Waals surface area contributed by atoms with Crippen LogP contribution in [0, 0.1) is 0 Å². The van der Waals surface area contributed by atoms with Gasteiger partial charge in [-0.05, 0) is 24.4 Å². The summed E-state index contributed by atoms with van der Waals surface area (Å²) in [5.41, 5.74) is 1.05. The third-order valence-electron chi connectivity index (χ3n) is 2.31. The van der Waals surface area contributed by atoms with Crippen molar-refractivity contribution >= 4 is 16.5 Å². The van der Waals surface area contributed by atoms with E-state index in [4.69, 9.17) is 4.74 Å². The summed E-state index contributed by atoms with van der Waals surface area (Å²) in [6.07, 6.45) is 1.77. The van der Waals surface area contributed by atoms with Gasteiger partial charge in [-0.25, -0.2) is 4.98 Å². The molecule has 15 heavy (non-hydrogen) atoms. The van der Waals surface area contributed by atoms with Gasteiger partial charge in [-0.2, -0.15) is 0 Å². The second kappa shape index (κ2) is 4.17. The van der Waals surface area contributed by atoms with E-state index in [9.17, 15) is 0 Å². The SMILES string of the molecule is CCOc1nccc2cccc(NC)c12. The summed E-state index contributed by atoms with van der Waals surface area (Å²) in [7, 11) is 1.90. The number of aromatic nitrogens is 1. The van der Waals surface area contributed by atoms with Gasteiger partial charge < -0.3 is 10.1 Å². The minimum Gasteiger partial charge on any atom is -0.477 e. The molecule has 0 unspecified atom stereocenters. The number of nitrogens with one attached hydrogen (secondary N) is 1. The van der Waals surface area contributed by atoms with Gasteiger partial charge in [0.15, 0.2) is 0 Å². The number of pyridine rings is 1. The zero-order valence-electron chi connectivity index (χ0n) is 8.95. The van der Waals surface area contributed by atoms with E-state index in [0.717, 1.165) is 16.5 Å². The van der Waals surface area contributed by atoms with Crippen molar-refractivity contribution in [2.24, 2.45) is 0 Å². The standard InChI is InChI=1S/C12H14N2O/c1-3-15-12-11-9(7-8-14-12)5-4-6-10(11)13-2/h4-8,13H,3H2,1-2H3. The summed E-state index contributed by atoms with van der Waals surface area (Å²) >= 11 is 0. The molecule has 0 saturated carbocycles. The van der Waals surface area contributed by atoms with Crippen LogP contribution in [0.4, 0.5) is 5.69 Å². The van der Waals surface area contributed by atoms with Crippen LogP contribution in [0.2, 0.25) is 0 Å². The maximum Gasteiger partial charge on any atom is 0.223 e. The van der Waals surface area contributed by atoms with Crippen molar-refractivity contribution in [1.29, 1.82) is 0 Å². The molecule has 0 bridgehead atoms. The molecule has 1 aromatic carbocycles. The maximum atomic E-state index is 5.51. The molecule has 1 aromatic heterocycles. The van der Waals surface area contributed by atoms with Gasteiger partial charge in [0.2, 0.25) is 5.88 Å². The largest absolute Gasteiger partial charge is 0.477 e. The lowest BCUT2D eigenvalue weighted by atomic mass is 10.1. The highest BCUT2D eigenvalue weighted by Crippen LogP contribution is 2.29. The molecule has 0 aliphatic carbocycles. The molecule has 1 N–H and O–H groups in total. The summed E-state index contributed by atoms with van der Waals surface area (Å²) in [6, 6.07) is 8.08. The molecule has 2 aromatic rings. The molecule has 0 aliphatic rings. The molecule has 0 saturated heterocycles. The zero-order valence-corrected chi connectivity index (χ0v) is 8.95. The normalized spacial score (nSPS) is 10.3. The zero-order chi connectivity index (χ0) is 10.7. The molecule has 3 heteroatoms. The van der Waals surface area contributed by atoms with Crippen LogP contribution < -0.4 is 10.1 Å². The Morgan fingerprint density at radius 3 is 2.93 bits per heavy atom. The van der Waals surface area contributed by atoms with Gasteiger partial charge in [0.05, 0.1) is 12.0 Å². The lowest BCUT2D eigenvalue weighted by molar-refractivity contribution is 0.331. The first-order valence-electron chi connectivity index (χ1n) is 5.05. The molecule has 1 heterocycles. The molecule has 3 nitrogen and oxygen atoms in total. The van der Waals surface area contributed by atoms with Crippen LogP contribution in [0.1, 0.15) is 6.92 Å². The molecule has 78 valence electrons. The molecule has 0 atom stereocenters. The summed E-state index contributed by atoms with van der Waals surface area (Å²) in [5, 5.41) is 5.33. The predicted molar refractivity (Wildman–Crippen MR) is 62.5 cm³/mol. The Morgan fingerprint density at radius 1 is 1.33 bits per heavy atom. The lowest BCUT2D eigenvalue weighted by Gasteiger charge is -2.10. The van der Waals surface area contributed by atoms with E-state index in [-0.39, 0.29) is 0 Å². The summed E-state index contributed by atoms with van der Waals surface area (Å²) in [5.74, 6) is 0.694. The maximum absolute atomic E-state index is 5.51. The Labute approximate surface area is 89.1 Å². The third-order valence-corrected chi connectivity index (χ3v) is 2.31. The highest BCUT2D eigenvalue weighted by molar-refractivity contribution is 5.97. The Balaban J connectivity index is 2.69. The fourth-order valence-electron chi connectivity index (χ4n) is 1.65. The molecule has 0 radical (unpaired) electrons. The Morgan fingerprint density at radius 2 is 2.20 bits per heavy atom. The Hall–Kier alpha value is -1.77. The van der Waals surface area contributed by atoms with Gasteiger partial charge in [0, 0.05) is 18.9 Å². The van der Waals surface area contributed by atoms with Crippen molar-refractivity contribution in [2.75, 3.05) is 19.0 Å². The first-order chi connectivity index (χ1) is 7.36. The van der Waals surface area contributed by atoms with Crippen LogP contribution in [-0.2, 0) is 0 Å². The summed E-state index contributed by atoms with van der Waals surface area (Å²) in [4.78, 5) is 4.24. The smallest absolute Gasteiger partial charge is 0.223 e. The van der Waals surface area contributed by atoms with Crippen LogP contribution in [0.25, 0.3) is 10.8 Å². The van der Waals surface area contributed by atoms with Crippen LogP contribution in [0.5, 0.6) is 5.88 Å². The Bertz CT molecular complexity index is 463. The lowest BCUT2D eigenvalue weighted by Crippen LogP contribution is -1.97. The van der Waals surface area contributed by atoms with Gasteiger partial charge >= 0.3 is 0 Å². The number of hydrogen-bond donors (Lipinski definition) is 1. The third kappa shape index (κ3) is 1.73. The monoisotopic (exact) mass is 202 g/mol. The molecule has 0 fully saturated rings. The minimum atomic E-state index is 0.629. The first-order valence-corrected chi connectivity index (χ1v) is 5.05. The van der Waals surface area contributed by atoms with E-state index in [2.05, 4.69) is 16.4 Å². The van der Waals surface area contributed by atoms with Gasteiger partial charge in [-0.15, -0.1) is 0 Å². The topological polar surface area (TPSA) is 34.1 Å². The second-order valence-electron chi connectivity index (χ2n) is 3.20. The number of nitrogens with zero attached hydrogens (tertiary/aromatic N) is 1. The second-order valence-corrected chi connectivity index (χ2v) is 3.20. The van der Waals surface area contributed by atoms with Crippen molar-refractivity contribution < 1.29 is 4.74 Å². The highest BCUT2D eigenvalue weighted by Gasteiger charge is 2.06. The number of anilines is 1. The van der Waals surface area contributed by atoms with Crippen LogP contribution in [0.3, 0.4) is 0 Å². The van der Waals surface area contributed by atoms with Gasteiger partial charge in [-0.3, -0.25) is 0 Å². The van der Waals surface area contributed by atoms with E-state index >= 15 is 0 Å². The summed E-state index contributed by atoms with van der Waals surface area (Å²) in [6.45, 7) is 2.59. The van der Waals surface area contributed by atoms with Crippen molar-refractivity contribution in [2.45, 2.75) is 6.92 Å². The molecule has 2 rings (SSSR count). The number of rotatable bonds is 3. The minimum absolute atomic E-state index is 0.629. The quantitative estimate of drug-likeness (QED) is 0.830. The van der Waals surface area contributed by atoms with Crippen molar-refractivity contribution in [3.05, 3.63) is 30.5 Å². The fraction of sp³-hybridized carbons (Fsp3) is 0.250. The summed E-state index contributed by atoms with van der Waals surface area (Å²) < 4.78 is 5.51. The average Bonchev–Trinajstić information content (AvgIpc) is 2.29.